The summed E-state index contributed by atoms with van der Waals surface area (Å²) >= 11 is 0. The van der Waals surface area contributed by atoms with E-state index in [0.29, 0.717) is 29.6 Å². The highest BCUT2D eigenvalue weighted by Crippen LogP contribution is 2.36. The molecule has 1 N–H and O–H groups in total. The van der Waals surface area contributed by atoms with E-state index < -0.39 is 5.92 Å². The minimum absolute atomic E-state index is 0.0965. The van der Waals surface area contributed by atoms with Gasteiger partial charge in [-0.25, -0.2) is 0 Å². The Hall–Kier alpha value is -3.02. The van der Waals surface area contributed by atoms with Crippen molar-refractivity contribution in [2.45, 2.75) is 32.6 Å². The van der Waals surface area contributed by atoms with Crippen molar-refractivity contribution in [2.75, 3.05) is 31.0 Å². The zero-order valence-electron chi connectivity index (χ0n) is 17.4. The van der Waals surface area contributed by atoms with Gasteiger partial charge in [-0.3, -0.25) is 9.59 Å². The number of nitrogens with zero attached hydrogens (tertiary/aromatic N) is 1. The Morgan fingerprint density at radius 2 is 1.90 bits per heavy atom. The maximum absolute atomic E-state index is 12.7. The molecule has 1 heterocycles. The molecule has 2 atom stereocenters. The quantitative estimate of drug-likeness (QED) is 0.761. The average Bonchev–Trinajstić information content (AvgIpc) is 3.14. The first-order chi connectivity index (χ1) is 14.0. The van der Waals surface area contributed by atoms with Crippen molar-refractivity contribution in [2.24, 2.45) is 5.92 Å². The van der Waals surface area contributed by atoms with E-state index in [0.717, 1.165) is 12.1 Å². The van der Waals surface area contributed by atoms with Gasteiger partial charge in [-0.05, 0) is 42.2 Å². The molecule has 2 amide bonds. The first-order valence-corrected chi connectivity index (χ1v) is 9.90. The molecular formula is C23H28N2O4. The summed E-state index contributed by atoms with van der Waals surface area (Å²) in [5, 5.41) is 2.94. The van der Waals surface area contributed by atoms with Crippen LogP contribution in [-0.2, 0) is 9.59 Å². The van der Waals surface area contributed by atoms with E-state index in [4.69, 9.17) is 9.47 Å². The van der Waals surface area contributed by atoms with E-state index in [-0.39, 0.29) is 18.2 Å². The van der Waals surface area contributed by atoms with Crippen LogP contribution in [0.2, 0.25) is 0 Å². The number of methoxy groups -OCH3 is 2. The highest BCUT2D eigenvalue weighted by molar-refractivity contribution is 6.04. The second-order valence-electron chi connectivity index (χ2n) is 7.36. The largest absolute Gasteiger partial charge is 0.497 e. The van der Waals surface area contributed by atoms with E-state index in [1.165, 1.54) is 5.56 Å². The predicted molar refractivity (Wildman–Crippen MR) is 114 cm³/mol. The molecule has 0 spiro atoms. The number of nitrogens with one attached hydrogen (secondary N) is 1. The van der Waals surface area contributed by atoms with Crippen molar-refractivity contribution in [3.63, 3.8) is 0 Å². The van der Waals surface area contributed by atoms with Crippen LogP contribution in [0, 0.1) is 5.92 Å². The van der Waals surface area contributed by atoms with Gasteiger partial charge in [0.15, 0.2) is 0 Å². The number of anilines is 2. The molecule has 0 aromatic heterocycles. The fourth-order valence-electron chi connectivity index (χ4n) is 3.50. The van der Waals surface area contributed by atoms with Crippen molar-refractivity contribution < 1.29 is 19.1 Å². The monoisotopic (exact) mass is 396 g/mol. The minimum atomic E-state index is -0.413. The molecular weight excluding hydrogens is 368 g/mol. The molecule has 0 unspecified atom stereocenters. The van der Waals surface area contributed by atoms with Crippen LogP contribution in [0.4, 0.5) is 11.4 Å². The third-order valence-corrected chi connectivity index (χ3v) is 5.53. The average molecular weight is 396 g/mol. The third-order valence-electron chi connectivity index (χ3n) is 5.53. The minimum Gasteiger partial charge on any atom is -0.497 e. The van der Waals surface area contributed by atoms with Crippen LogP contribution >= 0.6 is 0 Å². The molecule has 1 aliphatic heterocycles. The normalized spacial score (nSPS) is 17.2. The molecule has 0 aliphatic carbocycles. The van der Waals surface area contributed by atoms with Crippen molar-refractivity contribution in [3.8, 4) is 11.5 Å². The van der Waals surface area contributed by atoms with Crippen molar-refractivity contribution in [1.82, 2.24) is 0 Å². The number of rotatable bonds is 7. The molecule has 0 radical (unpaired) electrons. The van der Waals surface area contributed by atoms with Crippen molar-refractivity contribution in [3.05, 3.63) is 48.0 Å². The molecule has 1 saturated heterocycles. The maximum Gasteiger partial charge on any atom is 0.229 e. The highest BCUT2D eigenvalue weighted by atomic mass is 16.5. The molecule has 0 saturated carbocycles. The lowest BCUT2D eigenvalue weighted by atomic mass is 9.98. The van der Waals surface area contributed by atoms with Gasteiger partial charge in [-0.1, -0.05) is 26.0 Å². The first kappa shape index (κ1) is 20.7. The van der Waals surface area contributed by atoms with Crippen LogP contribution in [0.15, 0.2) is 42.5 Å². The molecule has 6 nitrogen and oxygen atoms in total. The van der Waals surface area contributed by atoms with E-state index in [2.05, 4.69) is 19.2 Å². The Morgan fingerprint density at radius 3 is 2.52 bits per heavy atom. The molecule has 2 aromatic carbocycles. The third kappa shape index (κ3) is 4.53. The highest BCUT2D eigenvalue weighted by Gasteiger charge is 2.36. The Kier molecular flexibility index (Phi) is 6.42. The van der Waals surface area contributed by atoms with Gasteiger partial charge in [0.1, 0.15) is 11.5 Å². The number of hydrogen-bond acceptors (Lipinski definition) is 4. The summed E-state index contributed by atoms with van der Waals surface area (Å²) in [6.45, 7) is 4.65. The molecule has 154 valence electrons. The van der Waals surface area contributed by atoms with Gasteiger partial charge in [0.2, 0.25) is 11.8 Å². The second kappa shape index (κ2) is 8.99. The zero-order valence-corrected chi connectivity index (χ0v) is 17.4. The number of carbonyl (C=O) groups excluding carboxylic acids is 2. The van der Waals surface area contributed by atoms with Crippen LogP contribution in [0.1, 0.15) is 38.2 Å². The van der Waals surface area contributed by atoms with E-state index >= 15 is 0 Å². The molecule has 0 bridgehead atoms. The summed E-state index contributed by atoms with van der Waals surface area (Å²) < 4.78 is 10.6. The van der Waals surface area contributed by atoms with Gasteiger partial charge in [0, 0.05) is 24.7 Å². The van der Waals surface area contributed by atoms with Gasteiger partial charge in [0.05, 0.1) is 25.8 Å². The smallest absolute Gasteiger partial charge is 0.229 e. The first-order valence-electron chi connectivity index (χ1n) is 9.90. The van der Waals surface area contributed by atoms with Gasteiger partial charge in [-0.15, -0.1) is 0 Å². The van der Waals surface area contributed by atoms with Gasteiger partial charge in [-0.2, -0.15) is 0 Å². The van der Waals surface area contributed by atoms with Crippen LogP contribution < -0.4 is 19.7 Å². The zero-order chi connectivity index (χ0) is 21.0. The summed E-state index contributed by atoms with van der Waals surface area (Å²) in [7, 11) is 3.12. The molecule has 3 rings (SSSR count). The van der Waals surface area contributed by atoms with Gasteiger partial charge < -0.3 is 19.7 Å². The molecule has 29 heavy (non-hydrogen) atoms. The summed E-state index contributed by atoms with van der Waals surface area (Å²) in [4.78, 5) is 26.9. The fourth-order valence-corrected chi connectivity index (χ4v) is 3.50. The lowest BCUT2D eigenvalue weighted by molar-refractivity contribution is -0.122. The summed E-state index contributed by atoms with van der Waals surface area (Å²) in [6, 6.07) is 13.2. The van der Waals surface area contributed by atoms with Crippen molar-refractivity contribution >= 4 is 23.2 Å². The van der Waals surface area contributed by atoms with E-state index in [1.54, 1.807) is 37.3 Å². The summed E-state index contributed by atoms with van der Waals surface area (Å²) in [5.41, 5.74) is 2.64. The number of amides is 2. The van der Waals surface area contributed by atoms with Crippen LogP contribution in [0.5, 0.6) is 11.5 Å². The molecule has 2 aromatic rings. The van der Waals surface area contributed by atoms with E-state index in [9.17, 15) is 9.59 Å². The second-order valence-corrected chi connectivity index (χ2v) is 7.36. The molecule has 6 heteroatoms. The maximum atomic E-state index is 12.7. The molecule has 1 aliphatic rings. The lowest BCUT2D eigenvalue weighted by Gasteiger charge is -2.20. The van der Waals surface area contributed by atoms with Crippen LogP contribution in [0.25, 0.3) is 0 Å². The SMILES string of the molecule is CC[C@@H](C)c1ccc(NC(=O)[C@H]2CC(=O)N(c3ccc(OC)cc3OC)C2)cc1. The van der Waals surface area contributed by atoms with Crippen LogP contribution in [0.3, 0.4) is 0 Å². The number of carbonyl (C=O) groups is 2. The number of hydrogen-bond donors (Lipinski definition) is 1. The van der Waals surface area contributed by atoms with Gasteiger partial charge >= 0.3 is 0 Å². The number of ether oxygens (including phenoxy) is 2. The van der Waals surface area contributed by atoms with Crippen molar-refractivity contribution in [1.29, 1.82) is 0 Å². The van der Waals surface area contributed by atoms with Gasteiger partial charge in [0.25, 0.3) is 0 Å². The Balaban J connectivity index is 1.69. The predicted octanol–water partition coefficient (Wildman–Crippen LogP) is 4.21. The topological polar surface area (TPSA) is 67.9 Å². The van der Waals surface area contributed by atoms with E-state index in [1.807, 2.05) is 24.3 Å². The Bertz CT molecular complexity index is 879. The molecule has 1 fully saturated rings. The summed E-state index contributed by atoms with van der Waals surface area (Å²) in [5.74, 6) is 1.01. The number of benzene rings is 2. The van der Waals surface area contributed by atoms with Crippen LogP contribution in [-0.4, -0.2) is 32.6 Å². The Morgan fingerprint density at radius 1 is 1.17 bits per heavy atom. The lowest BCUT2D eigenvalue weighted by Crippen LogP contribution is -2.28. The Labute approximate surface area is 171 Å². The summed E-state index contributed by atoms with van der Waals surface area (Å²) in [6.07, 6.45) is 1.24. The standard InChI is InChI=1S/C23H28N2O4/c1-5-15(2)16-6-8-18(9-7-16)24-23(27)17-12-22(26)25(14-17)20-11-10-19(28-3)13-21(20)29-4/h6-11,13,15,17H,5,12,14H2,1-4H3,(H,24,27)/t15-,17+/m1/s1. The fraction of sp³-hybridized carbons (Fsp3) is 0.391.